The maximum absolute atomic E-state index is 13.2. The summed E-state index contributed by atoms with van der Waals surface area (Å²) in [4.78, 5) is 15.1. The van der Waals surface area contributed by atoms with E-state index in [1.807, 2.05) is 35.2 Å². The van der Waals surface area contributed by atoms with Gasteiger partial charge in [0.15, 0.2) is 5.76 Å². The van der Waals surface area contributed by atoms with E-state index in [9.17, 15) is 4.79 Å². The maximum Gasteiger partial charge on any atom is 0.290 e. The third kappa shape index (κ3) is 2.24. The number of hydrogen-bond donors (Lipinski definition) is 0. The van der Waals surface area contributed by atoms with Gasteiger partial charge in [0, 0.05) is 43.0 Å². The summed E-state index contributed by atoms with van der Waals surface area (Å²) >= 11 is 0. The zero-order valence-corrected chi connectivity index (χ0v) is 13.9. The lowest BCUT2D eigenvalue weighted by molar-refractivity contribution is 0.0607. The van der Waals surface area contributed by atoms with Gasteiger partial charge in [-0.1, -0.05) is 18.2 Å². The van der Waals surface area contributed by atoms with Crippen molar-refractivity contribution in [2.24, 2.45) is 0 Å². The van der Waals surface area contributed by atoms with E-state index in [1.54, 1.807) is 7.11 Å². The molecule has 0 spiro atoms. The van der Waals surface area contributed by atoms with Crippen molar-refractivity contribution in [2.75, 3.05) is 13.7 Å². The van der Waals surface area contributed by atoms with Crippen molar-refractivity contribution in [1.29, 1.82) is 0 Å². The average molecular weight is 324 g/mol. The van der Waals surface area contributed by atoms with Gasteiger partial charge in [-0.3, -0.25) is 4.79 Å². The molecule has 0 N–H and O–H groups in total. The van der Waals surface area contributed by atoms with Crippen LogP contribution >= 0.6 is 0 Å². The minimum Gasteiger partial charge on any atom is -0.451 e. The molecule has 0 bridgehead atoms. The fourth-order valence-electron chi connectivity index (χ4n) is 3.55. The highest BCUT2D eigenvalue weighted by atomic mass is 16.5. The SMILES string of the molecule is COCc1c(C(=O)N2CCn3cccc3C2C)oc2ccccc12. The summed E-state index contributed by atoms with van der Waals surface area (Å²) in [6.45, 7) is 3.89. The van der Waals surface area contributed by atoms with Gasteiger partial charge in [0.2, 0.25) is 0 Å². The molecular formula is C19H20N2O3. The Morgan fingerprint density at radius 3 is 2.92 bits per heavy atom. The molecule has 5 heteroatoms. The van der Waals surface area contributed by atoms with E-state index in [-0.39, 0.29) is 11.9 Å². The fraction of sp³-hybridized carbons (Fsp3) is 0.316. The molecule has 124 valence electrons. The Labute approximate surface area is 140 Å². The van der Waals surface area contributed by atoms with Gasteiger partial charge in [-0.15, -0.1) is 0 Å². The van der Waals surface area contributed by atoms with Crippen molar-refractivity contribution < 1.29 is 13.9 Å². The standard InChI is InChI=1S/C19H20N2O3/c1-13-16-7-5-9-20(16)10-11-21(13)19(22)18-15(12-23-2)14-6-3-4-8-17(14)24-18/h3-9,13H,10-12H2,1-2H3. The molecule has 1 aromatic carbocycles. The van der Waals surface area contributed by atoms with E-state index < -0.39 is 0 Å². The molecule has 4 rings (SSSR count). The number of hydrogen-bond acceptors (Lipinski definition) is 3. The Morgan fingerprint density at radius 1 is 1.25 bits per heavy atom. The number of rotatable bonds is 3. The van der Waals surface area contributed by atoms with Gasteiger partial charge in [0.25, 0.3) is 5.91 Å². The number of furan rings is 1. The fourth-order valence-corrected chi connectivity index (χ4v) is 3.55. The van der Waals surface area contributed by atoms with Gasteiger partial charge < -0.3 is 18.6 Å². The van der Waals surface area contributed by atoms with Crippen molar-refractivity contribution in [3.05, 3.63) is 59.6 Å². The topological polar surface area (TPSA) is 47.6 Å². The molecule has 0 saturated heterocycles. The van der Waals surface area contributed by atoms with Crippen LogP contribution in [0.4, 0.5) is 0 Å². The number of carbonyl (C=O) groups is 1. The number of ether oxygens (including phenoxy) is 1. The zero-order chi connectivity index (χ0) is 16.7. The Balaban J connectivity index is 1.75. The van der Waals surface area contributed by atoms with Crippen molar-refractivity contribution in [1.82, 2.24) is 9.47 Å². The van der Waals surface area contributed by atoms with E-state index in [0.717, 1.165) is 28.8 Å². The summed E-state index contributed by atoms with van der Waals surface area (Å²) in [6.07, 6.45) is 2.06. The Morgan fingerprint density at radius 2 is 2.08 bits per heavy atom. The molecule has 1 aliphatic rings. The number of carbonyl (C=O) groups excluding carboxylic acids is 1. The van der Waals surface area contributed by atoms with Gasteiger partial charge in [0.05, 0.1) is 12.6 Å². The van der Waals surface area contributed by atoms with Crippen LogP contribution in [0.25, 0.3) is 11.0 Å². The van der Waals surface area contributed by atoms with Crippen LogP contribution in [0.2, 0.25) is 0 Å². The summed E-state index contributed by atoms with van der Waals surface area (Å²) in [6, 6.07) is 11.8. The summed E-state index contributed by atoms with van der Waals surface area (Å²) < 4.78 is 13.4. The highest BCUT2D eigenvalue weighted by Gasteiger charge is 2.32. The smallest absolute Gasteiger partial charge is 0.290 e. The van der Waals surface area contributed by atoms with E-state index in [1.165, 1.54) is 0 Å². The first kappa shape index (κ1) is 15.0. The number of nitrogens with zero attached hydrogens (tertiary/aromatic N) is 2. The van der Waals surface area contributed by atoms with Crippen molar-refractivity contribution >= 4 is 16.9 Å². The first-order valence-electron chi connectivity index (χ1n) is 8.16. The van der Waals surface area contributed by atoms with Crippen molar-refractivity contribution in [3.63, 3.8) is 0 Å². The second-order valence-corrected chi connectivity index (χ2v) is 6.14. The molecule has 1 unspecified atom stereocenters. The molecule has 5 nitrogen and oxygen atoms in total. The molecule has 2 aromatic heterocycles. The lowest BCUT2D eigenvalue weighted by Crippen LogP contribution is -2.40. The van der Waals surface area contributed by atoms with Crippen LogP contribution in [0.5, 0.6) is 0 Å². The first-order valence-corrected chi connectivity index (χ1v) is 8.16. The molecule has 0 saturated carbocycles. The minimum atomic E-state index is -0.0711. The van der Waals surface area contributed by atoms with Gasteiger partial charge in [0.1, 0.15) is 5.58 Å². The third-order valence-electron chi connectivity index (χ3n) is 4.78. The summed E-state index contributed by atoms with van der Waals surface area (Å²) in [5, 5.41) is 0.940. The molecule has 1 aliphatic heterocycles. The molecule has 1 amide bonds. The molecule has 24 heavy (non-hydrogen) atoms. The van der Waals surface area contributed by atoms with Crippen LogP contribution in [0, 0.1) is 0 Å². The number of benzene rings is 1. The van der Waals surface area contributed by atoms with E-state index in [0.29, 0.717) is 18.9 Å². The van der Waals surface area contributed by atoms with Crippen molar-refractivity contribution in [2.45, 2.75) is 26.1 Å². The highest BCUT2D eigenvalue weighted by molar-refractivity contribution is 5.99. The van der Waals surface area contributed by atoms with Crippen LogP contribution in [0.15, 0.2) is 47.0 Å². The number of fused-ring (bicyclic) bond motifs is 2. The lowest BCUT2D eigenvalue weighted by atomic mass is 10.1. The van der Waals surface area contributed by atoms with Crippen LogP contribution in [0.3, 0.4) is 0 Å². The van der Waals surface area contributed by atoms with Crippen LogP contribution in [0.1, 0.15) is 34.8 Å². The van der Waals surface area contributed by atoms with Crippen LogP contribution in [-0.2, 0) is 17.9 Å². The number of amides is 1. The Hall–Kier alpha value is -2.53. The largest absolute Gasteiger partial charge is 0.451 e. The van der Waals surface area contributed by atoms with E-state index in [2.05, 4.69) is 23.8 Å². The van der Waals surface area contributed by atoms with Gasteiger partial charge >= 0.3 is 0 Å². The van der Waals surface area contributed by atoms with Crippen molar-refractivity contribution in [3.8, 4) is 0 Å². The number of para-hydroxylation sites is 1. The highest BCUT2D eigenvalue weighted by Crippen LogP contribution is 2.31. The second-order valence-electron chi connectivity index (χ2n) is 6.14. The molecule has 1 atom stereocenters. The molecule has 3 heterocycles. The number of methoxy groups -OCH3 is 1. The molecule has 0 radical (unpaired) electrons. The van der Waals surface area contributed by atoms with Gasteiger partial charge in [-0.05, 0) is 25.1 Å². The Bertz CT molecular complexity index is 893. The summed E-state index contributed by atoms with van der Waals surface area (Å²) in [5.41, 5.74) is 2.70. The Kier molecular flexibility index (Phi) is 3.65. The first-order chi connectivity index (χ1) is 11.7. The third-order valence-corrected chi connectivity index (χ3v) is 4.78. The van der Waals surface area contributed by atoms with Gasteiger partial charge in [-0.25, -0.2) is 0 Å². The molecule has 0 aliphatic carbocycles. The normalized spacial score (nSPS) is 17.2. The monoisotopic (exact) mass is 324 g/mol. The van der Waals surface area contributed by atoms with Crippen LogP contribution in [-0.4, -0.2) is 29.0 Å². The van der Waals surface area contributed by atoms with Crippen LogP contribution < -0.4 is 0 Å². The van der Waals surface area contributed by atoms with Gasteiger partial charge in [-0.2, -0.15) is 0 Å². The minimum absolute atomic E-state index is 0.0184. The predicted octanol–water partition coefficient (Wildman–Crippen LogP) is 3.60. The average Bonchev–Trinajstić information content (AvgIpc) is 3.21. The lowest BCUT2D eigenvalue weighted by Gasteiger charge is -2.34. The zero-order valence-electron chi connectivity index (χ0n) is 13.9. The summed E-state index contributed by atoms with van der Waals surface area (Å²) in [7, 11) is 1.63. The molecular weight excluding hydrogens is 304 g/mol. The second kappa shape index (κ2) is 5.83. The number of aromatic nitrogens is 1. The van der Waals surface area contributed by atoms with E-state index >= 15 is 0 Å². The summed E-state index contributed by atoms with van der Waals surface area (Å²) in [5.74, 6) is 0.322. The molecule has 3 aromatic rings. The maximum atomic E-state index is 13.2. The van der Waals surface area contributed by atoms with E-state index in [4.69, 9.17) is 9.15 Å². The quantitative estimate of drug-likeness (QED) is 0.739. The molecule has 0 fully saturated rings. The predicted molar refractivity (Wildman–Crippen MR) is 90.8 cm³/mol.